The van der Waals surface area contributed by atoms with Crippen molar-refractivity contribution in [1.29, 1.82) is 0 Å². The monoisotopic (exact) mass is 500 g/mol. The SMILES string of the molecule is C=CCn1c(COc2ccc(F)c(Cl)c2)nnc1SCC(=O)Nc1cccc(C(F)(F)F)c1. The lowest BCUT2D eigenvalue weighted by Gasteiger charge is -2.11. The zero-order valence-electron chi connectivity index (χ0n) is 16.9. The van der Waals surface area contributed by atoms with Gasteiger partial charge in [-0.05, 0) is 30.3 Å². The Morgan fingerprint density at radius 2 is 2.03 bits per heavy atom. The quantitative estimate of drug-likeness (QED) is 0.236. The fourth-order valence-electron chi connectivity index (χ4n) is 2.66. The van der Waals surface area contributed by atoms with E-state index in [1.165, 1.54) is 30.3 Å². The summed E-state index contributed by atoms with van der Waals surface area (Å²) in [5, 5.41) is 10.8. The van der Waals surface area contributed by atoms with Crippen LogP contribution in [0.2, 0.25) is 5.02 Å². The second-order valence-electron chi connectivity index (χ2n) is 6.58. The third kappa shape index (κ3) is 6.72. The number of thioether (sulfide) groups is 1. The molecular weight excluding hydrogens is 484 g/mol. The smallest absolute Gasteiger partial charge is 0.416 e. The van der Waals surface area contributed by atoms with E-state index >= 15 is 0 Å². The van der Waals surface area contributed by atoms with Crippen molar-refractivity contribution in [3.8, 4) is 5.75 Å². The van der Waals surface area contributed by atoms with Gasteiger partial charge in [0.25, 0.3) is 0 Å². The van der Waals surface area contributed by atoms with E-state index in [9.17, 15) is 22.4 Å². The Bertz CT molecular complexity index is 1150. The van der Waals surface area contributed by atoms with Crippen LogP contribution in [0.15, 0.2) is 60.3 Å². The number of hydrogen-bond acceptors (Lipinski definition) is 5. The maximum absolute atomic E-state index is 13.3. The molecule has 0 fully saturated rings. The molecule has 1 heterocycles. The summed E-state index contributed by atoms with van der Waals surface area (Å²) in [4.78, 5) is 12.2. The van der Waals surface area contributed by atoms with Gasteiger partial charge in [0.1, 0.15) is 18.2 Å². The van der Waals surface area contributed by atoms with Gasteiger partial charge in [-0.1, -0.05) is 35.5 Å². The summed E-state index contributed by atoms with van der Waals surface area (Å²) < 4.78 is 59.0. The summed E-state index contributed by atoms with van der Waals surface area (Å²) in [5.74, 6) is -0.424. The molecular formula is C21H17ClF4N4O2S. The third-order valence-corrected chi connectivity index (χ3v) is 5.43. The standard InChI is InChI=1S/C21H17ClF4N4O2S/c1-2-8-30-18(11-32-15-6-7-17(23)16(22)10-15)28-29-20(30)33-12-19(31)27-14-5-3-4-13(9-14)21(24,25)26/h2-7,9-10H,1,8,11-12H2,(H,27,31). The van der Waals surface area contributed by atoms with Crippen LogP contribution in [0.4, 0.5) is 23.2 Å². The summed E-state index contributed by atoms with van der Waals surface area (Å²) in [6, 6.07) is 8.30. The maximum Gasteiger partial charge on any atom is 0.416 e. The fraction of sp³-hybridized carbons (Fsp3) is 0.190. The van der Waals surface area contributed by atoms with Crippen LogP contribution < -0.4 is 10.1 Å². The van der Waals surface area contributed by atoms with Gasteiger partial charge in [0, 0.05) is 18.3 Å². The molecule has 0 radical (unpaired) electrons. The average molecular weight is 501 g/mol. The number of rotatable bonds is 9. The van der Waals surface area contributed by atoms with E-state index in [0.717, 1.165) is 23.9 Å². The summed E-state index contributed by atoms with van der Waals surface area (Å²) in [6.07, 6.45) is -2.90. The van der Waals surface area contributed by atoms with E-state index in [1.54, 1.807) is 10.6 Å². The first-order chi connectivity index (χ1) is 15.7. The van der Waals surface area contributed by atoms with Crippen LogP contribution in [-0.4, -0.2) is 26.4 Å². The van der Waals surface area contributed by atoms with Crippen molar-refractivity contribution >= 4 is 35.0 Å². The van der Waals surface area contributed by atoms with Gasteiger partial charge in [0.2, 0.25) is 5.91 Å². The minimum Gasteiger partial charge on any atom is -0.486 e. The van der Waals surface area contributed by atoms with Gasteiger partial charge in [0.05, 0.1) is 16.3 Å². The highest BCUT2D eigenvalue weighted by Gasteiger charge is 2.30. The predicted molar refractivity (Wildman–Crippen MR) is 117 cm³/mol. The van der Waals surface area contributed by atoms with E-state index in [2.05, 4.69) is 22.1 Å². The highest BCUT2D eigenvalue weighted by atomic mass is 35.5. The summed E-state index contributed by atoms with van der Waals surface area (Å²) in [7, 11) is 0. The minimum atomic E-state index is -4.51. The van der Waals surface area contributed by atoms with Gasteiger partial charge in [0.15, 0.2) is 11.0 Å². The molecule has 2 aromatic carbocycles. The molecule has 0 spiro atoms. The van der Waals surface area contributed by atoms with Crippen LogP contribution >= 0.6 is 23.4 Å². The molecule has 174 valence electrons. The molecule has 0 aliphatic rings. The molecule has 3 rings (SSSR count). The number of carbonyl (C=O) groups is 1. The number of halogens is 5. The highest BCUT2D eigenvalue weighted by Crippen LogP contribution is 2.30. The summed E-state index contributed by atoms with van der Waals surface area (Å²) in [5.41, 5.74) is -0.819. The van der Waals surface area contributed by atoms with E-state index < -0.39 is 23.5 Å². The number of amides is 1. The van der Waals surface area contributed by atoms with Crippen molar-refractivity contribution in [3.63, 3.8) is 0 Å². The highest BCUT2D eigenvalue weighted by molar-refractivity contribution is 7.99. The molecule has 0 aliphatic heterocycles. The Morgan fingerprint density at radius 3 is 2.73 bits per heavy atom. The second kappa shape index (κ2) is 10.7. The Morgan fingerprint density at radius 1 is 1.24 bits per heavy atom. The first-order valence-electron chi connectivity index (χ1n) is 9.38. The Kier molecular flexibility index (Phi) is 7.98. The first-order valence-corrected chi connectivity index (χ1v) is 10.7. The number of carbonyl (C=O) groups excluding carboxylic acids is 1. The van der Waals surface area contributed by atoms with Crippen molar-refractivity contribution in [1.82, 2.24) is 14.8 Å². The first kappa shape index (κ1) is 24.6. The molecule has 1 aromatic heterocycles. The molecule has 0 atom stereocenters. The van der Waals surface area contributed by atoms with Gasteiger partial charge < -0.3 is 10.1 Å². The predicted octanol–water partition coefficient (Wildman–Crippen LogP) is 5.59. The molecule has 33 heavy (non-hydrogen) atoms. The number of nitrogens with zero attached hydrogens (tertiary/aromatic N) is 3. The van der Waals surface area contributed by atoms with Crippen LogP contribution in [0, 0.1) is 5.82 Å². The number of ether oxygens (including phenoxy) is 1. The lowest BCUT2D eigenvalue weighted by atomic mass is 10.2. The minimum absolute atomic E-state index is 0.000206. The molecule has 0 aliphatic carbocycles. The zero-order chi connectivity index (χ0) is 24.0. The number of aromatic nitrogens is 3. The van der Waals surface area contributed by atoms with Crippen molar-refractivity contribution in [2.24, 2.45) is 0 Å². The lowest BCUT2D eigenvalue weighted by molar-refractivity contribution is -0.137. The fourth-order valence-corrected chi connectivity index (χ4v) is 3.60. The molecule has 1 amide bonds. The molecule has 6 nitrogen and oxygen atoms in total. The van der Waals surface area contributed by atoms with Crippen molar-refractivity contribution in [2.75, 3.05) is 11.1 Å². The Labute approximate surface area is 195 Å². The molecule has 0 saturated heterocycles. The van der Waals surface area contributed by atoms with Gasteiger partial charge >= 0.3 is 6.18 Å². The van der Waals surface area contributed by atoms with E-state index in [0.29, 0.717) is 23.3 Å². The number of hydrogen-bond donors (Lipinski definition) is 1. The number of alkyl halides is 3. The Hall–Kier alpha value is -3.05. The average Bonchev–Trinajstić information content (AvgIpc) is 3.14. The molecule has 3 aromatic rings. The molecule has 0 saturated carbocycles. The van der Waals surface area contributed by atoms with E-state index in [1.807, 2.05) is 0 Å². The van der Waals surface area contributed by atoms with Crippen LogP contribution in [-0.2, 0) is 24.1 Å². The van der Waals surface area contributed by atoms with E-state index in [-0.39, 0.29) is 23.1 Å². The lowest BCUT2D eigenvalue weighted by Crippen LogP contribution is -2.15. The van der Waals surface area contributed by atoms with Gasteiger partial charge in [-0.3, -0.25) is 9.36 Å². The van der Waals surface area contributed by atoms with Crippen molar-refractivity contribution in [2.45, 2.75) is 24.5 Å². The molecule has 1 N–H and O–H groups in total. The molecule has 0 unspecified atom stereocenters. The third-order valence-electron chi connectivity index (χ3n) is 4.17. The number of allylic oxidation sites excluding steroid dienone is 1. The topological polar surface area (TPSA) is 69.0 Å². The van der Waals surface area contributed by atoms with Gasteiger partial charge in [-0.25, -0.2) is 4.39 Å². The maximum atomic E-state index is 13.3. The van der Waals surface area contributed by atoms with Gasteiger partial charge in [-0.2, -0.15) is 13.2 Å². The molecule has 12 heteroatoms. The number of nitrogens with one attached hydrogen (secondary N) is 1. The van der Waals surface area contributed by atoms with Crippen LogP contribution in [0.25, 0.3) is 0 Å². The van der Waals surface area contributed by atoms with Crippen LogP contribution in [0.5, 0.6) is 5.75 Å². The second-order valence-corrected chi connectivity index (χ2v) is 7.93. The number of anilines is 1. The normalized spacial score (nSPS) is 11.3. The molecule has 0 bridgehead atoms. The summed E-state index contributed by atoms with van der Waals surface area (Å²) >= 11 is 6.79. The summed E-state index contributed by atoms with van der Waals surface area (Å²) in [6.45, 7) is 4.01. The Balaban J connectivity index is 1.62. The number of benzene rings is 2. The zero-order valence-corrected chi connectivity index (χ0v) is 18.5. The van der Waals surface area contributed by atoms with Gasteiger partial charge in [-0.15, -0.1) is 16.8 Å². The van der Waals surface area contributed by atoms with Crippen molar-refractivity contribution in [3.05, 3.63) is 77.3 Å². The van der Waals surface area contributed by atoms with Crippen LogP contribution in [0.1, 0.15) is 11.4 Å². The van der Waals surface area contributed by atoms with E-state index in [4.69, 9.17) is 16.3 Å². The van der Waals surface area contributed by atoms with Crippen molar-refractivity contribution < 1.29 is 27.1 Å². The van der Waals surface area contributed by atoms with Crippen LogP contribution in [0.3, 0.4) is 0 Å². The largest absolute Gasteiger partial charge is 0.486 e.